The van der Waals surface area contributed by atoms with Gasteiger partial charge in [-0.3, -0.25) is 4.79 Å². The largest absolute Gasteiger partial charge is 0.337 e. The molecule has 3 heterocycles. The maximum Gasteiger partial charge on any atom is 0.259 e. The molecule has 2 aromatic heterocycles. The van der Waals surface area contributed by atoms with Crippen LogP contribution in [0.2, 0.25) is 0 Å². The highest BCUT2D eigenvalue weighted by atomic mass is 16.2. The third-order valence-electron chi connectivity index (χ3n) is 3.99. The lowest BCUT2D eigenvalue weighted by Gasteiger charge is -2.34. The van der Waals surface area contributed by atoms with E-state index in [-0.39, 0.29) is 11.9 Å². The number of carbonyl (C=O) groups excluding carboxylic acids is 1. The second-order valence-electron chi connectivity index (χ2n) is 6.14. The molecule has 1 saturated heterocycles. The second kappa shape index (κ2) is 5.11. The first-order chi connectivity index (χ1) is 9.95. The maximum absolute atomic E-state index is 12.8. The minimum atomic E-state index is -0.0236. The van der Waals surface area contributed by atoms with E-state index in [1.54, 1.807) is 10.7 Å². The van der Waals surface area contributed by atoms with Crippen LogP contribution in [0.3, 0.4) is 0 Å². The molecule has 0 saturated carbocycles. The number of fused-ring (bicyclic) bond motifs is 1. The van der Waals surface area contributed by atoms with E-state index in [1.807, 2.05) is 24.8 Å². The van der Waals surface area contributed by atoms with Crippen LogP contribution in [0.15, 0.2) is 12.3 Å². The number of likely N-dealkylation sites (tertiary alicyclic amines) is 1. The van der Waals surface area contributed by atoms with E-state index < -0.39 is 0 Å². The van der Waals surface area contributed by atoms with Crippen LogP contribution in [-0.4, -0.2) is 44.5 Å². The first kappa shape index (κ1) is 14.0. The van der Waals surface area contributed by atoms with Crippen LogP contribution in [0, 0.1) is 19.8 Å². The summed E-state index contributed by atoms with van der Waals surface area (Å²) in [5.41, 5.74) is 9.08. The van der Waals surface area contributed by atoms with E-state index in [2.05, 4.69) is 17.0 Å². The topological polar surface area (TPSA) is 76.5 Å². The van der Waals surface area contributed by atoms with Crippen molar-refractivity contribution in [3.63, 3.8) is 0 Å². The Labute approximate surface area is 123 Å². The van der Waals surface area contributed by atoms with Crippen LogP contribution >= 0.6 is 0 Å². The Balaban J connectivity index is 1.98. The fraction of sp³-hybridized carbons (Fsp3) is 0.533. The van der Waals surface area contributed by atoms with Gasteiger partial charge < -0.3 is 10.6 Å². The quantitative estimate of drug-likeness (QED) is 0.853. The van der Waals surface area contributed by atoms with Gasteiger partial charge in [0.2, 0.25) is 0 Å². The number of aromatic nitrogens is 3. The Hall–Kier alpha value is -1.95. The number of rotatable bonds is 1. The van der Waals surface area contributed by atoms with Crippen LogP contribution in [0.5, 0.6) is 0 Å². The predicted octanol–water partition coefficient (Wildman–Crippen LogP) is 1.16. The van der Waals surface area contributed by atoms with E-state index in [4.69, 9.17) is 5.73 Å². The van der Waals surface area contributed by atoms with Gasteiger partial charge in [0, 0.05) is 30.5 Å². The van der Waals surface area contributed by atoms with Gasteiger partial charge in [0.15, 0.2) is 5.65 Å². The summed E-state index contributed by atoms with van der Waals surface area (Å²) in [5.74, 6) is 0.403. The van der Waals surface area contributed by atoms with Crippen molar-refractivity contribution >= 4 is 11.6 Å². The molecule has 1 aliphatic heterocycles. The molecule has 21 heavy (non-hydrogen) atoms. The number of hydrogen-bond acceptors (Lipinski definition) is 4. The van der Waals surface area contributed by atoms with Crippen molar-refractivity contribution in [2.75, 3.05) is 13.1 Å². The molecule has 3 rings (SSSR count). The average molecular weight is 287 g/mol. The van der Waals surface area contributed by atoms with Crippen LogP contribution in [0.1, 0.15) is 35.1 Å². The molecule has 0 radical (unpaired) electrons. The van der Waals surface area contributed by atoms with Crippen molar-refractivity contribution in [3.05, 3.63) is 29.2 Å². The summed E-state index contributed by atoms with van der Waals surface area (Å²) in [4.78, 5) is 19.1. The fourth-order valence-corrected chi connectivity index (χ4v) is 3.16. The highest BCUT2D eigenvalue weighted by Crippen LogP contribution is 2.19. The van der Waals surface area contributed by atoms with Gasteiger partial charge in [-0.2, -0.15) is 5.10 Å². The molecule has 6 heteroatoms. The van der Waals surface area contributed by atoms with Crippen LogP contribution in [0.25, 0.3) is 5.65 Å². The first-order valence-corrected chi connectivity index (χ1v) is 7.32. The monoisotopic (exact) mass is 287 g/mol. The van der Waals surface area contributed by atoms with Crippen molar-refractivity contribution in [1.82, 2.24) is 19.5 Å². The summed E-state index contributed by atoms with van der Waals surface area (Å²) in [6.45, 7) is 7.36. The van der Waals surface area contributed by atoms with Gasteiger partial charge in [0.25, 0.3) is 5.91 Å². The molecule has 112 valence electrons. The number of piperidine rings is 1. The predicted molar refractivity (Wildman–Crippen MR) is 80.1 cm³/mol. The van der Waals surface area contributed by atoms with E-state index in [0.29, 0.717) is 23.7 Å². The van der Waals surface area contributed by atoms with Gasteiger partial charge in [-0.1, -0.05) is 6.92 Å². The molecule has 0 bridgehead atoms. The number of aryl methyl sites for hydroxylation is 2. The highest BCUT2D eigenvalue weighted by Gasteiger charge is 2.28. The number of carbonyl (C=O) groups is 1. The molecule has 2 aromatic rings. The normalized spacial score (nSPS) is 22.8. The van der Waals surface area contributed by atoms with Gasteiger partial charge in [0.1, 0.15) is 5.56 Å². The van der Waals surface area contributed by atoms with E-state index in [1.165, 1.54) is 0 Å². The lowest BCUT2D eigenvalue weighted by molar-refractivity contribution is 0.0662. The van der Waals surface area contributed by atoms with Gasteiger partial charge in [-0.25, -0.2) is 9.50 Å². The minimum Gasteiger partial charge on any atom is -0.337 e. The van der Waals surface area contributed by atoms with Crippen molar-refractivity contribution in [3.8, 4) is 0 Å². The molecule has 2 unspecified atom stereocenters. The van der Waals surface area contributed by atoms with Crippen molar-refractivity contribution in [1.29, 1.82) is 0 Å². The van der Waals surface area contributed by atoms with Crippen LogP contribution < -0.4 is 5.73 Å². The van der Waals surface area contributed by atoms with Crippen LogP contribution in [0.4, 0.5) is 0 Å². The summed E-state index contributed by atoms with van der Waals surface area (Å²) in [6, 6.07) is 2.00. The number of nitrogens with two attached hydrogens (primary N) is 1. The third kappa shape index (κ3) is 2.51. The average Bonchev–Trinajstić information content (AvgIpc) is 2.80. The van der Waals surface area contributed by atoms with Gasteiger partial charge in [-0.15, -0.1) is 0 Å². The lowest BCUT2D eigenvalue weighted by atomic mass is 9.96. The molecule has 0 aliphatic carbocycles. The number of nitrogens with zero attached hydrogens (tertiary/aromatic N) is 4. The number of hydrogen-bond donors (Lipinski definition) is 1. The zero-order chi connectivity index (χ0) is 15.1. The van der Waals surface area contributed by atoms with Crippen molar-refractivity contribution in [2.24, 2.45) is 11.7 Å². The molecule has 0 spiro atoms. The van der Waals surface area contributed by atoms with Crippen LogP contribution in [-0.2, 0) is 0 Å². The molecule has 6 nitrogen and oxygen atoms in total. The summed E-state index contributed by atoms with van der Waals surface area (Å²) >= 11 is 0. The molecule has 1 fully saturated rings. The Kier molecular flexibility index (Phi) is 3.41. The zero-order valence-corrected chi connectivity index (χ0v) is 12.7. The SMILES string of the molecule is Cc1cc(C)n2ncc(C(=O)N3CC(C)CC(N)C3)c2n1. The Morgan fingerprint density at radius 1 is 1.38 bits per heavy atom. The fourth-order valence-electron chi connectivity index (χ4n) is 3.16. The smallest absolute Gasteiger partial charge is 0.259 e. The summed E-state index contributed by atoms with van der Waals surface area (Å²) in [5, 5.41) is 4.29. The Morgan fingerprint density at radius 2 is 2.14 bits per heavy atom. The maximum atomic E-state index is 12.8. The third-order valence-corrected chi connectivity index (χ3v) is 3.99. The molecule has 1 amide bonds. The van der Waals surface area contributed by atoms with Gasteiger partial charge in [-0.05, 0) is 32.3 Å². The lowest BCUT2D eigenvalue weighted by Crippen LogP contribution is -2.48. The first-order valence-electron chi connectivity index (χ1n) is 7.32. The van der Waals surface area contributed by atoms with Crippen molar-refractivity contribution in [2.45, 2.75) is 33.2 Å². The molecular weight excluding hydrogens is 266 g/mol. The Bertz CT molecular complexity index is 683. The van der Waals surface area contributed by atoms with Crippen molar-refractivity contribution < 1.29 is 4.79 Å². The standard InChI is InChI=1S/C15H21N5O/c1-9-4-12(16)8-19(7-9)15(21)13-6-17-20-11(3)5-10(2)18-14(13)20/h5-6,9,12H,4,7-8,16H2,1-3H3. The van der Waals surface area contributed by atoms with Gasteiger partial charge in [0.05, 0.1) is 6.20 Å². The molecule has 1 aliphatic rings. The number of amides is 1. The molecule has 2 atom stereocenters. The molecule has 2 N–H and O–H groups in total. The second-order valence-corrected chi connectivity index (χ2v) is 6.14. The zero-order valence-electron chi connectivity index (χ0n) is 12.7. The summed E-state index contributed by atoms with van der Waals surface area (Å²) in [6.07, 6.45) is 2.58. The van der Waals surface area contributed by atoms with E-state index in [0.717, 1.165) is 24.4 Å². The minimum absolute atomic E-state index is 0.0236. The summed E-state index contributed by atoms with van der Waals surface area (Å²) in [7, 11) is 0. The Morgan fingerprint density at radius 3 is 2.86 bits per heavy atom. The van der Waals surface area contributed by atoms with E-state index >= 15 is 0 Å². The molecule has 0 aromatic carbocycles. The highest BCUT2D eigenvalue weighted by molar-refractivity contribution is 5.99. The summed E-state index contributed by atoms with van der Waals surface area (Å²) < 4.78 is 1.72. The van der Waals surface area contributed by atoms with E-state index in [9.17, 15) is 4.79 Å². The molecular formula is C15H21N5O. The van der Waals surface area contributed by atoms with Gasteiger partial charge >= 0.3 is 0 Å².